The van der Waals surface area contributed by atoms with Gasteiger partial charge in [-0.3, -0.25) is 0 Å². The van der Waals surface area contributed by atoms with Crippen molar-refractivity contribution < 1.29 is 13.2 Å². The molecule has 0 aliphatic heterocycles. The average Bonchev–Trinajstić information content (AvgIpc) is 2.01. The molecule has 0 spiro atoms. The molecule has 0 unspecified atom stereocenters. The molecule has 1 rings (SSSR count). The van der Waals surface area contributed by atoms with E-state index in [1.165, 1.54) is 12.1 Å². The van der Waals surface area contributed by atoms with Crippen LogP contribution in [-0.4, -0.2) is 6.18 Å². The summed E-state index contributed by atoms with van der Waals surface area (Å²) < 4.78 is 36.7. The van der Waals surface area contributed by atoms with E-state index in [4.69, 9.17) is 11.5 Å². The molecule has 0 aliphatic carbocycles. The molecule has 5 heteroatoms. The Morgan fingerprint density at radius 3 is 2.29 bits per heavy atom. The molecular weight excluding hydrogens is 193 g/mol. The average molecular weight is 204 g/mol. The van der Waals surface area contributed by atoms with E-state index in [0.29, 0.717) is 0 Å². The summed E-state index contributed by atoms with van der Waals surface area (Å²) in [5.41, 5.74) is 11.3. The van der Waals surface area contributed by atoms with Gasteiger partial charge < -0.3 is 11.5 Å². The fraction of sp³-hybridized carbons (Fsp3) is 0.333. The minimum absolute atomic E-state index is 0.0785. The van der Waals surface area contributed by atoms with Gasteiger partial charge in [0, 0.05) is 11.3 Å². The van der Waals surface area contributed by atoms with Crippen molar-refractivity contribution in [2.75, 3.05) is 5.73 Å². The van der Waals surface area contributed by atoms with E-state index < -0.39 is 12.2 Å². The lowest BCUT2D eigenvalue weighted by Gasteiger charge is -2.17. The van der Waals surface area contributed by atoms with Crippen molar-refractivity contribution >= 4 is 5.69 Å². The van der Waals surface area contributed by atoms with Gasteiger partial charge in [-0.15, -0.1) is 0 Å². The first-order valence-electron chi connectivity index (χ1n) is 4.00. The maximum atomic E-state index is 12.2. The summed E-state index contributed by atoms with van der Waals surface area (Å²) in [4.78, 5) is 0. The van der Waals surface area contributed by atoms with Crippen LogP contribution >= 0.6 is 0 Å². The molecule has 4 N–H and O–H groups in total. The Morgan fingerprint density at radius 2 is 1.86 bits per heavy atom. The minimum atomic E-state index is -4.45. The van der Waals surface area contributed by atoms with E-state index in [2.05, 4.69) is 0 Å². The van der Waals surface area contributed by atoms with Gasteiger partial charge in [-0.25, -0.2) is 0 Å². The van der Waals surface area contributed by atoms with Gasteiger partial charge in [0.15, 0.2) is 0 Å². The lowest BCUT2D eigenvalue weighted by atomic mass is 10.0. The zero-order chi connectivity index (χ0) is 10.9. The van der Waals surface area contributed by atoms with Crippen LogP contribution in [0.15, 0.2) is 18.2 Å². The van der Waals surface area contributed by atoms with Crippen molar-refractivity contribution in [3.63, 3.8) is 0 Å². The third kappa shape index (κ3) is 2.17. The van der Waals surface area contributed by atoms with Crippen LogP contribution < -0.4 is 11.5 Å². The molecule has 0 bridgehead atoms. The van der Waals surface area contributed by atoms with Crippen LogP contribution in [-0.2, 0) is 0 Å². The lowest BCUT2D eigenvalue weighted by molar-refractivity contribution is -0.149. The molecule has 1 aromatic carbocycles. The van der Waals surface area contributed by atoms with Crippen molar-refractivity contribution in [1.29, 1.82) is 0 Å². The largest absolute Gasteiger partial charge is 0.407 e. The smallest absolute Gasteiger partial charge is 0.398 e. The van der Waals surface area contributed by atoms with Crippen LogP contribution in [0.3, 0.4) is 0 Å². The van der Waals surface area contributed by atoms with Gasteiger partial charge in [0.05, 0.1) is 0 Å². The standard InChI is InChI=1S/C9H11F3N2/c1-5-2-3-6(7(13)4-5)8(14)9(10,11)12/h2-4,8H,13-14H2,1H3/t8-/m0/s1. The highest BCUT2D eigenvalue weighted by atomic mass is 19.4. The van der Waals surface area contributed by atoms with E-state index in [1.807, 2.05) is 0 Å². The van der Waals surface area contributed by atoms with E-state index in [0.717, 1.165) is 5.56 Å². The summed E-state index contributed by atoms with van der Waals surface area (Å²) in [5, 5.41) is 0. The predicted octanol–water partition coefficient (Wildman–Crippen LogP) is 2.14. The third-order valence-corrected chi connectivity index (χ3v) is 1.93. The first-order chi connectivity index (χ1) is 6.32. The van der Waals surface area contributed by atoms with Crippen LogP contribution in [0.2, 0.25) is 0 Å². The number of alkyl halides is 3. The van der Waals surface area contributed by atoms with E-state index in [-0.39, 0.29) is 11.3 Å². The Labute approximate surface area is 79.7 Å². The quantitative estimate of drug-likeness (QED) is 0.688. The van der Waals surface area contributed by atoms with Crippen LogP contribution in [0.1, 0.15) is 17.2 Å². The predicted molar refractivity (Wildman–Crippen MR) is 48.6 cm³/mol. The molecule has 0 heterocycles. The number of aryl methyl sites for hydroxylation is 1. The monoisotopic (exact) mass is 204 g/mol. The maximum Gasteiger partial charge on any atom is 0.407 e. The van der Waals surface area contributed by atoms with Gasteiger partial charge in [0.1, 0.15) is 6.04 Å². The molecule has 0 aliphatic rings. The fourth-order valence-corrected chi connectivity index (χ4v) is 1.15. The molecule has 14 heavy (non-hydrogen) atoms. The van der Waals surface area contributed by atoms with Gasteiger partial charge in [-0.1, -0.05) is 12.1 Å². The van der Waals surface area contributed by atoms with Crippen molar-refractivity contribution in [1.82, 2.24) is 0 Å². The Balaban J connectivity index is 3.08. The molecule has 0 radical (unpaired) electrons. The summed E-state index contributed by atoms with van der Waals surface area (Å²) in [6.45, 7) is 1.75. The van der Waals surface area contributed by atoms with Gasteiger partial charge in [-0.2, -0.15) is 13.2 Å². The second-order valence-corrected chi connectivity index (χ2v) is 3.15. The van der Waals surface area contributed by atoms with Crippen LogP contribution in [0.25, 0.3) is 0 Å². The van der Waals surface area contributed by atoms with Crippen molar-refractivity contribution in [3.8, 4) is 0 Å². The Hall–Kier alpha value is -1.23. The number of rotatable bonds is 1. The number of benzene rings is 1. The topological polar surface area (TPSA) is 52.0 Å². The summed E-state index contributed by atoms with van der Waals surface area (Å²) in [5.74, 6) is 0. The number of hydrogen-bond donors (Lipinski definition) is 2. The van der Waals surface area contributed by atoms with E-state index in [9.17, 15) is 13.2 Å². The number of nitrogen functional groups attached to an aromatic ring is 1. The highest BCUT2D eigenvalue weighted by Gasteiger charge is 2.38. The number of nitrogens with two attached hydrogens (primary N) is 2. The summed E-state index contributed by atoms with van der Waals surface area (Å²) in [6.07, 6.45) is -4.45. The third-order valence-electron chi connectivity index (χ3n) is 1.93. The van der Waals surface area contributed by atoms with Gasteiger partial charge in [0.2, 0.25) is 0 Å². The highest BCUT2D eigenvalue weighted by molar-refractivity contribution is 5.50. The fourth-order valence-electron chi connectivity index (χ4n) is 1.15. The molecule has 1 atom stereocenters. The SMILES string of the molecule is Cc1ccc([C@H](N)C(F)(F)F)c(N)c1. The Morgan fingerprint density at radius 1 is 1.29 bits per heavy atom. The molecule has 78 valence electrons. The van der Waals surface area contributed by atoms with Crippen molar-refractivity contribution in [2.24, 2.45) is 5.73 Å². The normalized spacial score (nSPS) is 14.1. The first kappa shape index (κ1) is 10.8. The molecule has 0 amide bonds. The minimum Gasteiger partial charge on any atom is -0.398 e. The van der Waals surface area contributed by atoms with Gasteiger partial charge >= 0.3 is 6.18 Å². The molecular formula is C9H11F3N2. The molecule has 0 saturated heterocycles. The van der Waals surface area contributed by atoms with E-state index >= 15 is 0 Å². The maximum absolute atomic E-state index is 12.2. The van der Waals surface area contributed by atoms with Crippen LogP contribution in [0, 0.1) is 6.92 Å². The second kappa shape index (κ2) is 3.49. The Bertz CT molecular complexity index is 333. The van der Waals surface area contributed by atoms with Crippen LogP contribution in [0.5, 0.6) is 0 Å². The zero-order valence-corrected chi connectivity index (χ0v) is 7.60. The molecule has 0 saturated carbocycles. The second-order valence-electron chi connectivity index (χ2n) is 3.15. The van der Waals surface area contributed by atoms with Gasteiger partial charge in [-0.05, 0) is 18.6 Å². The summed E-state index contributed by atoms with van der Waals surface area (Å²) in [6, 6.07) is 2.32. The molecule has 0 aromatic heterocycles. The molecule has 0 fully saturated rings. The first-order valence-corrected chi connectivity index (χ1v) is 4.00. The van der Waals surface area contributed by atoms with E-state index in [1.54, 1.807) is 13.0 Å². The number of hydrogen-bond acceptors (Lipinski definition) is 2. The molecule has 1 aromatic rings. The lowest BCUT2D eigenvalue weighted by Crippen LogP contribution is -2.29. The van der Waals surface area contributed by atoms with Gasteiger partial charge in [0.25, 0.3) is 0 Å². The molecule has 2 nitrogen and oxygen atoms in total. The zero-order valence-electron chi connectivity index (χ0n) is 7.60. The van der Waals surface area contributed by atoms with Crippen molar-refractivity contribution in [3.05, 3.63) is 29.3 Å². The van der Waals surface area contributed by atoms with Crippen molar-refractivity contribution in [2.45, 2.75) is 19.1 Å². The number of anilines is 1. The highest BCUT2D eigenvalue weighted by Crippen LogP contribution is 2.33. The Kier molecular flexibility index (Phi) is 2.71. The summed E-state index contributed by atoms with van der Waals surface area (Å²) >= 11 is 0. The number of halogens is 3. The summed E-state index contributed by atoms with van der Waals surface area (Å²) in [7, 11) is 0. The van der Waals surface area contributed by atoms with Crippen LogP contribution in [0.4, 0.5) is 18.9 Å².